The summed E-state index contributed by atoms with van der Waals surface area (Å²) in [5.74, 6) is 0.0810. The van der Waals surface area contributed by atoms with E-state index in [1.807, 2.05) is 48.7 Å². The maximum absolute atomic E-state index is 11.3. The first kappa shape index (κ1) is 11.6. The fourth-order valence-electron chi connectivity index (χ4n) is 2.21. The number of hydrogen-bond donors (Lipinski definition) is 0. The summed E-state index contributed by atoms with van der Waals surface area (Å²) in [6, 6.07) is 17.8. The monoisotopic (exact) mass is 247 g/mol. The van der Waals surface area contributed by atoms with Crippen molar-refractivity contribution in [3.63, 3.8) is 0 Å². The van der Waals surface area contributed by atoms with E-state index in [1.54, 1.807) is 6.92 Å². The lowest BCUT2D eigenvalue weighted by molar-refractivity contribution is 0.101. The summed E-state index contributed by atoms with van der Waals surface area (Å²) in [7, 11) is 0. The number of rotatable bonds is 2. The highest BCUT2D eigenvalue weighted by atomic mass is 16.1. The summed E-state index contributed by atoms with van der Waals surface area (Å²) in [4.78, 5) is 15.8. The van der Waals surface area contributed by atoms with Crippen LogP contribution in [0.5, 0.6) is 0 Å². The number of aromatic nitrogens is 1. The number of hydrogen-bond acceptors (Lipinski definition) is 2. The molecule has 1 heterocycles. The van der Waals surface area contributed by atoms with Gasteiger partial charge in [-0.2, -0.15) is 0 Å². The third-order valence-corrected chi connectivity index (χ3v) is 3.24. The Morgan fingerprint density at radius 3 is 2.42 bits per heavy atom. The van der Waals surface area contributed by atoms with Gasteiger partial charge >= 0.3 is 0 Å². The number of ketones is 1. The van der Waals surface area contributed by atoms with Gasteiger partial charge in [0.1, 0.15) is 0 Å². The van der Waals surface area contributed by atoms with Crippen molar-refractivity contribution >= 4 is 16.6 Å². The molecular weight excluding hydrogens is 234 g/mol. The molecule has 0 amide bonds. The van der Waals surface area contributed by atoms with Crippen LogP contribution >= 0.6 is 0 Å². The molecule has 3 aromatic rings. The zero-order valence-electron chi connectivity index (χ0n) is 10.6. The number of carbonyl (C=O) groups excluding carboxylic acids is 1. The Labute approximate surface area is 111 Å². The summed E-state index contributed by atoms with van der Waals surface area (Å²) in [6.07, 6.45) is 1.82. The van der Waals surface area contributed by atoms with E-state index in [2.05, 4.69) is 17.1 Å². The first-order valence-electron chi connectivity index (χ1n) is 6.21. The lowest BCUT2D eigenvalue weighted by Crippen LogP contribution is -1.92. The highest BCUT2D eigenvalue weighted by Crippen LogP contribution is 2.26. The second-order valence-electron chi connectivity index (χ2n) is 4.51. The first-order chi connectivity index (χ1) is 9.25. The Bertz CT molecular complexity index is 739. The van der Waals surface area contributed by atoms with E-state index in [9.17, 15) is 4.79 Å². The molecule has 1 aromatic heterocycles. The predicted octanol–water partition coefficient (Wildman–Crippen LogP) is 4.10. The molecule has 19 heavy (non-hydrogen) atoms. The van der Waals surface area contributed by atoms with E-state index < -0.39 is 0 Å². The van der Waals surface area contributed by atoms with Gasteiger partial charge < -0.3 is 0 Å². The minimum absolute atomic E-state index is 0.0810. The maximum atomic E-state index is 11.3. The SMILES string of the molecule is CC(=O)c1ccc(-c2nccc3ccccc23)cc1. The molecule has 0 aliphatic carbocycles. The Kier molecular flexibility index (Phi) is 2.84. The molecule has 0 atom stereocenters. The zero-order valence-corrected chi connectivity index (χ0v) is 10.6. The van der Waals surface area contributed by atoms with Gasteiger partial charge in [-0.3, -0.25) is 9.78 Å². The van der Waals surface area contributed by atoms with Gasteiger partial charge in [0.15, 0.2) is 5.78 Å². The number of Topliss-reactive ketones (excluding diaryl/α,β-unsaturated/α-hetero) is 1. The molecule has 2 nitrogen and oxygen atoms in total. The molecule has 92 valence electrons. The van der Waals surface area contributed by atoms with Crippen LogP contribution in [-0.4, -0.2) is 10.8 Å². The number of nitrogens with zero attached hydrogens (tertiary/aromatic N) is 1. The Hall–Kier alpha value is -2.48. The lowest BCUT2D eigenvalue weighted by atomic mass is 10.0. The first-order valence-corrected chi connectivity index (χ1v) is 6.21. The molecule has 0 unspecified atom stereocenters. The highest BCUT2D eigenvalue weighted by Gasteiger charge is 2.05. The Morgan fingerprint density at radius 1 is 0.947 bits per heavy atom. The molecule has 0 spiro atoms. The van der Waals surface area contributed by atoms with Gasteiger partial charge in [0.2, 0.25) is 0 Å². The summed E-state index contributed by atoms with van der Waals surface area (Å²) >= 11 is 0. The minimum Gasteiger partial charge on any atom is -0.295 e. The predicted molar refractivity (Wildman–Crippen MR) is 77.2 cm³/mol. The van der Waals surface area contributed by atoms with Crippen molar-refractivity contribution in [1.82, 2.24) is 4.98 Å². The van der Waals surface area contributed by atoms with Crippen molar-refractivity contribution < 1.29 is 4.79 Å². The van der Waals surface area contributed by atoms with Crippen LogP contribution in [0.25, 0.3) is 22.0 Å². The minimum atomic E-state index is 0.0810. The van der Waals surface area contributed by atoms with Crippen LogP contribution < -0.4 is 0 Å². The summed E-state index contributed by atoms with van der Waals surface area (Å²) in [5, 5.41) is 2.30. The Balaban J connectivity index is 2.16. The van der Waals surface area contributed by atoms with Crippen molar-refractivity contribution in [2.24, 2.45) is 0 Å². The van der Waals surface area contributed by atoms with Crippen molar-refractivity contribution in [2.45, 2.75) is 6.92 Å². The van der Waals surface area contributed by atoms with Gasteiger partial charge in [-0.15, -0.1) is 0 Å². The number of fused-ring (bicyclic) bond motifs is 1. The van der Waals surface area contributed by atoms with E-state index in [-0.39, 0.29) is 5.78 Å². The van der Waals surface area contributed by atoms with Crippen LogP contribution in [0, 0.1) is 0 Å². The van der Waals surface area contributed by atoms with Crippen LogP contribution in [-0.2, 0) is 0 Å². The molecule has 3 rings (SSSR count). The molecule has 0 saturated heterocycles. The average molecular weight is 247 g/mol. The number of pyridine rings is 1. The van der Waals surface area contributed by atoms with E-state index in [0.717, 1.165) is 22.2 Å². The second-order valence-corrected chi connectivity index (χ2v) is 4.51. The fraction of sp³-hybridized carbons (Fsp3) is 0.0588. The van der Waals surface area contributed by atoms with Crippen LogP contribution in [0.4, 0.5) is 0 Å². The van der Waals surface area contributed by atoms with Crippen molar-refractivity contribution in [2.75, 3.05) is 0 Å². The lowest BCUT2D eigenvalue weighted by Gasteiger charge is -2.06. The van der Waals surface area contributed by atoms with Crippen LogP contribution in [0.1, 0.15) is 17.3 Å². The highest BCUT2D eigenvalue weighted by molar-refractivity contribution is 5.96. The summed E-state index contributed by atoms with van der Waals surface area (Å²) in [5.41, 5.74) is 2.71. The molecule has 0 saturated carbocycles. The van der Waals surface area contributed by atoms with Crippen molar-refractivity contribution in [3.8, 4) is 11.3 Å². The molecule has 0 bridgehead atoms. The molecular formula is C17H13NO. The topological polar surface area (TPSA) is 30.0 Å². The zero-order chi connectivity index (χ0) is 13.2. The fourth-order valence-corrected chi connectivity index (χ4v) is 2.21. The number of benzene rings is 2. The van der Waals surface area contributed by atoms with E-state index >= 15 is 0 Å². The van der Waals surface area contributed by atoms with E-state index in [4.69, 9.17) is 0 Å². The van der Waals surface area contributed by atoms with Crippen LogP contribution in [0.2, 0.25) is 0 Å². The molecule has 0 fully saturated rings. The van der Waals surface area contributed by atoms with Gasteiger partial charge in [0, 0.05) is 22.7 Å². The molecule has 2 heteroatoms. The van der Waals surface area contributed by atoms with Gasteiger partial charge in [0.05, 0.1) is 5.69 Å². The smallest absolute Gasteiger partial charge is 0.159 e. The summed E-state index contributed by atoms with van der Waals surface area (Å²) < 4.78 is 0. The summed E-state index contributed by atoms with van der Waals surface area (Å²) in [6.45, 7) is 1.57. The molecule has 0 N–H and O–H groups in total. The third kappa shape index (κ3) is 2.13. The van der Waals surface area contributed by atoms with Gasteiger partial charge in [-0.05, 0) is 18.4 Å². The van der Waals surface area contributed by atoms with Crippen LogP contribution in [0.3, 0.4) is 0 Å². The van der Waals surface area contributed by atoms with Gasteiger partial charge in [-0.25, -0.2) is 0 Å². The van der Waals surface area contributed by atoms with Crippen molar-refractivity contribution in [1.29, 1.82) is 0 Å². The quantitative estimate of drug-likeness (QED) is 0.638. The van der Waals surface area contributed by atoms with Crippen molar-refractivity contribution in [3.05, 3.63) is 66.4 Å². The maximum Gasteiger partial charge on any atom is 0.159 e. The van der Waals surface area contributed by atoms with Crippen LogP contribution in [0.15, 0.2) is 60.8 Å². The van der Waals surface area contributed by atoms with E-state index in [0.29, 0.717) is 0 Å². The molecule has 0 aliphatic heterocycles. The Morgan fingerprint density at radius 2 is 1.68 bits per heavy atom. The molecule has 0 aliphatic rings. The van der Waals surface area contributed by atoms with E-state index in [1.165, 1.54) is 5.39 Å². The molecule has 2 aromatic carbocycles. The number of carbonyl (C=O) groups is 1. The normalized spacial score (nSPS) is 10.6. The average Bonchev–Trinajstić information content (AvgIpc) is 2.47. The standard InChI is InChI=1S/C17H13NO/c1-12(19)13-6-8-15(9-7-13)17-16-5-3-2-4-14(16)10-11-18-17/h2-11H,1H3. The van der Waals surface area contributed by atoms with Gasteiger partial charge in [-0.1, -0.05) is 48.5 Å². The largest absolute Gasteiger partial charge is 0.295 e. The second kappa shape index (κ2) is 4.65. The van der Waals surface area contributed by atoms with Gasteiger partial charge in [0.25, 0.3) is 0 Å². The molecule has 0 radical (unpaired) electrons. The third-order valence-electron chi connectivity index (χ3n) is 3.24.